The van der Waals surface area contributed by atoms with Crippen LogP contribution in [0.5, 0.6) is 0 Å². The van der Waals surface area contributed by atoms with Crippen molar-refractivity contribution >= 4 is 17.3 Å². The summed E-state index contributed by atoms with van der Waals surface area (Å²) in [5.41, 5.74) is 2.39. The maximum Gasteiger partial charge on any atom is 0.252 e. The van der Waals surface area contributed by atoms with E-state index in [9.17, 15) is 4.79 Å². The lowest BCUT2D eigenvalue weighted by molar-refractivity contribution is 0.0953. The number of carbonyl (C=O) groups excluding carboxylic acids is 1. The van der Waals surface area contributed by atoms with E-state index in [4.69, 9.17) is 5.26 Å². The summed E-state index contributed by atoms with van der Waals surface area (Å²) in [4.78, 5) is 16.0. The normalized spacial score (nSPS) is 9.71. The summed E-state index contributed by atoms with van der Waals surface area (Å²) in [6.45, 7) is 2.63. The van der Waals surface area contributed by atoms with Crippen molar-refractivity contribution in [3.05, 3.63) is 53.9 Å². The Morgan fingerprint density at radius 2 is 2.14 bits per heavy atom. The van der Waals surface area contributed by atoms with Gasteiger partial charge in [-0.25, -0.2) is 0 Å². The second kappa shape index (κ2) is 7.06. The van der Waals surface area contributed by atoms with Gasteiger partial charge < -0.3 is 10.6 Å². The highest BCUT2D eigenvalue weighted by Crippen LogP contribution is 2.20. The fraction of sp³-hybridized carbons (Fsp3) is 0.188. The summed E-state index contributed by atoms with van der Waals surface area (Å²) >= 11 is 0. The first-order valence-electron chi connectivity index (χ1n) is 6.74. The molecule has 0 saturated heterocycles. The molecule has 1 aromatic heterocycles. The van der Waals surface area contributed by atoms with Crippen molar-refractivity contribution in [1.82, 2.24) is 10.3 Å². The predicted octanol–water partition coefficient (Wildman–Crippen LogP) is 2.84. The monoisotopic (exact) mass is 280 g/mol. The van der Waals surface area contributed by atoms with Crippen LogP contribution in [0.4, 0.5) is 11.4 Å². The van der Waals surface area contributed by atoms with Crippen molar-refractivity contribution < 1.29 is 4.79 Å². The number of benzene rings is 1. The minimum Gasteiger partial charge on any atom is -0.353 e. The quantitative estimate of drug-likeness (QED) is 0.882. The molecule has 1 heterocycles. The number of amides is 1. The van der Waals surface area contributed by atoms with Gasteiger partial charge in [0.25, 0.3) is 5.91 Å². The first-order valence-corrected chi connectivity index (χ1v) is 6.74. The molecule has 0 aliphatic heterocycles. The molecule has 21 heavy (non-hydrogen) atoms. The third-order valence-corrected chi connectivity index (χ3v) is 2.86. The van der Waals surface area contributed by atoms with Crippen LogP contribution in [0.1, 0.15) is 29.3 Å². The van der Waals surface area contributed by atoms with Crippen LogP contribution in [-0.4, -0.2) is 17.4 Å². The number of hydrogen-bond donors (Lipinski definition) is 2. The van der Waals surface area contributed by atoms with Gasteiger partial charge in [0.15, 0.2) is 0 Å². The Kier molecular flexibility index (Phi) is 4.89. The predicted molar refractivity (Wildman–Crippen MR) is 81.3 cm³/mol. The molecule has 0 spiro atoms. The van der Waals surface area contributed by atoms with Crippen molar-refractivity contribution in [3.63, 3.8) is 0 Å². The molecule has 1 amide bonds. The molecule has 0 atom stereocenters. The van der Waals surface area contributed by atoms with Crippen molar-refractivity contribution in [3.8, 4) is 6.07 Å². The number of nitrogens with zero attached hydrogens (tertiary/aromatic N) is 2. The van der Waals surface area contributed by atoms with Gasteiger partial charge in [0.2, 0.25) is 0 Å². The molecule has 0 aliphatic rings. The van der Waals surface area contributed by atoms with Crippen LogP contribution in [0, 0.1) is 11.3 Å². The molecule has 0 aliphatic carbocycles. The van der Waals surface area contributed by atoms with Crippen LogP contribution in [-0.2, 0) is 0 Å². The number of nitrogens with one attached hydrogen (secondary N) is 2. The van der Waals surface area contributed by atoms with E-state index in [2.05, 4.69) is 21.7 Å². The lowest BCUT2D eigenvalue weighted by Crippen LogP contribution is -2.24. The summed E-state index contributed by atoms with van der Waals surface area (Å²) in [6, 6.07) is 11.0. The van der Waals surface area contributed by atoms with Gasteiger partial charge in [-0.05, 0) is 24.6 Å². The molecule has 5 heteroatoms. The Morgan fingerprint density at radius 3 is 2.90 bits per heavy atom. The molecule has 1 aromatic carbocycles. The zero-order valence-corrected chi connectivity index (χ0v) is 11.8. The summed E-state index contributed by atoms with van der Waals surface area (Å²) in [5, 5.41) is 15.0. The van der Waals surface area contributed by atoms with E-state index in [1.165, 1.54) is 6.20 Å². The van der Waals surface area contributed by atoms with Gasteiger partial charge in [0, 0.05) is 12.7 Å². The van der Waals surface area contributed by atoms with E-state index in [1.807, 2.05) is 19.1 Å². The van der Waals surface area contributed by atoms with Gasteiger partial charge in [-0.3, -0.25) is 9.78 Å². The Balaban J connectivity index is 2.18. The number of para-hydroxylation sites is 1. The molecule has 2 rings (SSSR count). The second-order valence-corrected chi connectivity index (χ2v) is 4.50. The van der Waals surface area contributed by atoms with E-state index in [0.717, 1.165) is 6.42 Å². The SMILES string of the molecule is CCCNC(=O)c1cncc(Nc2ccccc2C#N)c1. The largest absolute Gasteiger partial charge is 0.353 e. The van der Waals surface area contributed by atoms with Crippen molar-refractivity contribution in [1.29, 1.82) is 5.26 Å². The van der Waals surface area contributed by atoms with E-state index in [0.29, 0.717) is 29.0 Å². The molecule has 2 N–H and O–H groups in total. The van der Waals surface area contributed by atoms with Gasteiger partial charge in [0.05, 0.1) is 28.7 Å². The average molecular weight is 280 g/mol. The number of hydrogen-bond acceptors (Lipinski definition) is 4. The maximum absolute atomic E-state index is 11.9. The van der Waals surface area contributed by atoms with Crippen LogP contribution in [0.2, 0.25) is 0 Å². The van der Waals surface area contributed by atoms with E-state index < -0.39 is 0 Å². The Hall–Kier alpha value is -2.87. The van der Waals surface area contributed by atoms with Gasteiger partial charge in [-0.15, -0.1) is 0 Å². The van der Waals surface area contributed by atoms with Crippen LogP contribution in [0.15, 0.2) is 42.7 Å². The minimum absolute atomic E-state index is 0.151. The fourth-order valence-corrected chi connectivity index (χ4v) is 1.82. The lowest BCUT2D eigenvalue weighted by Gasteiger charge is -2.09. The Bertz CT molecular complexity index is 676. The molecule has 0 fully saturated rings. The summed E-state index contributed by atoms with van der Waals surface area (Å²) < 4.78 is 0. The molecule has 106 valence electrons. The molecular weight excluding hydrogens is 264 g/mol. The number of aromatic nitrogens is 1. The van der Waals surface area contributed by atoms with Gasteiger partial charge in [0.1, 0.15) is 6.07 Å². The molecule has 2 aromatic rings. The van der Waals surface area contributed by atoms with Crippen LogP contribution < -0.4 is 10.6 Å². The first-order chi connectivity index (χ1) is 10.2. The highest BCUT2D eigenvalue weighted by atomic mass is 16.1. The number of pyridine rings is 1. The van der Waals surface area contributed by atoms with Gasteiger partial charge in [-0.1, -0.05) is 19.1 Å². The number of carbonyl (C=O) groups is 1. The maximum atomic E-state index is 11.9. The topological polar surface area (TPSA) is 77.8 Å². The second-order valence-electron chi connectivity index (χ2n) is 4.50. The summed E-state index contributed by atoms with van der Waals surface area (Å²) in [7, 11) is 0. The summed E-state index contributed by atoms with van der Waals surface area (Å²) in [5.74, 6) is -0.151. The standard InChI is InChI=1S/C16H16N4O/c1-2-7-19-16(21)13-8-14(11-18-10-13)20-15-6-4-3-5-12(15)9-17/h3-6,8,10-11,20H,2,7H2,1H3,(H,19,21). The van der Waals surface area contributed by atoms with Crippen molar-refractivity contribution in [2.24, 2.45) is 0 Å². The highest BCUT2D eigenvalue weighted by molar-refractivity contribution is 5.94. The lowest BCUT2D eigenvalue weighted by atomic mass is 10.2. The van der Waals surface area contributed by atoms with E-state index in [1.54, 1.807) is 24.4 Å². The molecule has 0 saturated carbocycles. The smallest absolute Gasteiger partial charge is 0.252 e. The minimum atomic E-state index is -0.151. The fourth-order valence-electron chi connectivity index (χ4n) is 1.82. The zero-order valence-electron chi connectivity index (χ0n) is 11.8. The molecule has 0 unspecified atom stereocenters. The average Bonchev–Trinajstić information content (AvgIpc) is 2.53. The zero-order chi connectivity index (χ0) is 15.1. The van der Waals surface area contributed by atoms with Crippen molar-refractivity contribution in [2.45, 2.75) is 13.3 Å². The molecule has 5 nitrogen and oxygen atoms in total. The number of rotatable bonds is 5. The third-order valence-electron chi connectivity index (χ3n) is 2.86. The van der Waals surface area contributed by atoms with E-state index >= 15 is 0 Å². The number of nitriles is 1. The Labute approximate surface area is 123 Å². The third kappa shape index (κ3) is 3.80. The molecule has 0 bridgehead atoms. The molecular formula is C16H16N4O. The Morgan fingerprint density at radius 1 is 1.33 bits per heavy atom. The van der Waals surface area contributed by atoms with E-state index in [-0.39, 0.29) is 5.91 Å². The molecule has 0 radical (unpaired) electrons. The summed E-state index contributed by atoms with van der Waals surface area (Å²) in [6.07, 6.45) is 4.02. The van der Waals surface area contributed by atoms with Crippen molar-refractivity contribution in [2.75, 3.05) is 11.9 Å². The van der Waals surface area contributed by atoms with Crippen LogP contribution >= 0.6 is 0 Å². The van der Waals surface area contributed by atoms with Gasteiger partial charge in [-0.2, -0.15) is 5.26 Å². The first kappa shape index (κ1) is 14.5. The van der Waals surface area contributed by atoms with Crippen LogP contribution in [0.25, 0.3) is 0 Å². The number of anilines is 2. The highest BCUT2D eigenvalue weighted by Gasteiger charge is 2.07. The van der Waals surface area contributed by atoms with Gasteiger partial charge >= 0.3 is 0 Å². The van der Waals surface area contributed by atoms with Crippen LogP contribution in [0.3, 0.4) is 0 Å².